The second-order valence-electron chi connectivity index (χ2n) is 13.4. The average molecular weight is 746 g/mol. The number of nitrogens with one attached hydrogen (secondary N) is 4. The quantitative estimate of drug-likeness (QED) is 0.124. The molecule has 2 saturated heterocycles. The molecule has 1 unspecified atom stereocenters. The summed E-state index contributed by atoms with van der Waals surface area (Å²) >= 11 is 13.9. The van der Waals surface area contributed by atoms with Gasteiger partial charge in [0.05, 0.1) is 24.9 Å². The van der Waals surface area contributed by atoms with Crippen LogP contribution in [0.5, 0.6) is 17.6 Å². The third-order valence-corrected chi connectivity index (χ3v) is 10.6. The fraction of sp³-hybridized carbons (Fsp3) is 0.385. The van der Waals surface area contributed by atoms with Crippen LogP contribution in [0.4, 0.5) is 0 Å². The molecule has 13 heteroatoms. The Kier molecular flexibility index (Phi) is 11.1. The van der Waals surface area contributed by atoms with Crippen LogP contribution in [0.3, 0.4) is 0 Å². The highest BCUT2D eigenvalue weighted by Crippen LogP contribution is 2.44. The second kappa shape index (κ2) is 16.1. The Morgan fingerprint density at radius 1 is 0.731 bits per heavy atom. The van der Waals surface area contributed by atoms with Crippen LogP contribution in [0.25, 0.3) is 22.4 Å². The van der Waals surface area contributed by atoms with E-state index >= 15 is 0 Å². The molecule has 0 saturated carbocycles. The predicted octanol–water partition coefficient (Wildman–Crippen LogP) is 5.94. The molecule has 3 atom stereocenters. The summed E-state index contributed by atoms with van der Waals surface area (Å²) in [4.78, 5) is 32.5. The summed E-state index contributed by atoms with van der Waals surface area (Å²) in [6, 6.07) is 18.2. The first kappa shape index (κ1) is 36.0. The van der Waals surface area contributed by atoms with Gasteiger partial charge < -0.3 is 35.5 Å². The second-order valence-corrected chi connectivity index (χ2v) is 14.1. The van der Waals surface area contributed by atoms with Gasteiger partial charge in [-0.3, -0.25) is 9.59 Å². The molecule has 4 aromatic rings. The van der Waals surface area contributed by atoms with Crippen LogP contribution in [-0.4, -0.2) is 61.2 Å². The van der Waals surface area contributed by atoms with E-state index in [0.29, 0.717) is 72.4 Å². The van der Waals surface area contributed by atoms with E-state index in [-0.39, 0.29) is 30.0 Å². The summed E-state index contributed by atoms with van der Waals surface area (Å²) in [6.45, 7) is 2.39. The van der Waals surface area contributed by atoms with Crippen molar-refractivity contribution in [1.29, 1.82) is 0 Å². The number of amides is 2. The fourth-order valence-electron chi connectivity index (χ4n) is 7.30. The minimum absolute atomic E-state index is 0.0890. The van der Waals surface area contributed by atoms with Gasteiger partial charge in [-0.05, 0) is 54.5 Å². The molecule has 272 valence electrons. The van der Waals surface area contributed by atoms with Crippen molar-refractivity contribution in [2.24, 2.45) is 0 Å². The Hall–Kier alpha value is -4.42. The van der Waals surface area contributed by atoms with E-state index in [9.17, 15) is 9.59 Å². The van der Waals surface area contributed by atoms with E-state index in [1.165, 1.54) is 5.56 Å². The van der Waals surface area contributed by atoms with Crippen LogP contribution in [0.15, 0.2) is 54.6 Å². The van der Waals surface area contributed by atoms with Gasteiger partial charge in [0.2, 0.25) is 29.5 Å². The maximum Gasteiger partial charge on any atom is 0.236 e. The molecule has 2 aromatic carbocycles. The molecule has 7 rings (SSSR count). The maximum absolute atomic E-state index is 11.5. The first-order valence-corrected chi connectivity index (χ1v) is 18.4. The molecule has 0 spiro atoms. The standard InChI is InChI=1S/C39H42Cl2N6O5/c1-50-37-22(18-42-20-24-10-15-34(48)44-24)9-13-32(46-37)30-8-4-7-29(36(30)41)26-5-3-6-28-27(26)12-14-33(28)52-39-31(40)17-23(38(47-39)51-2)19-43-21-25-11-16-35(49)45-25/h3-9,13,17,24-25,33,42-43H,10-12,14-16,18-21H2,1-2H3,(H,44,48)(H,45,49)/t24-,25?,33-/m0/s1. The lowest BCUT2D eigenvalue weighted by atomic mass is 9.94. The summed E-state index contributed by atoms with van der Waals surface area (Å²) < 4.78 is 17.8. The highest BCUT2D eigenvalue weighted by atomic mass is 35.5. The average Bonchev–Trinajstić information content (AvgIpc) is 3.89. The number of benzene rings is 2. The summed E-state index contributed by atoms with van der Waals surface area (Å²) in [6.07, 6.45) is 4.09. The van der Waals surface area contributed by atoms with Crippen LogP contribution in [0.1, 0.15) is 60.5 Å². The van der Waals surface area contributed by atoms with Crippen LogP contribution in [-0.2, 0) is 29.1 Å². The van der Waals surface area contributed by atoms with Crippen LogP contribution in [0.2, 0.25) is 10.0 Å². The van der Waals surface area contributed by atoms with Gasteiger partial charge in [-0.25, -0.2) is 4.98 Å². The molecular weight excluding hydrogens is 703 g/mol. The Balaban J connectivity index is 1.06. The molecule has 2 amide bonds. The van der Waals surface area contributed by atoms with Gasteiger partial charge in [-0.1, -0.05) is 65.7 Å². The summed E-state index contributed by atoms with van der Waals surface area (Å²) in [5.41, 5.74) is 7.43. The number of hydrogen-bond acceptors (Lipinski definition) is 9. The van der Waals surface area contributed by atoms with Crippen molar-refractivity contribution in [2.45, 2.75) is 69.8 Å². The van der Waals surface area contributed by atoms with E-state index in [2.05, 4.69) is 38.4 Å². The number of nitrogens with zero attached hydrogens (tertiary/aromatic N) is 2. The molecule has 4 heterocycles. The monoisotopic (exact) mass is 744 g/mol. The van der Waals surface area contributed by atoms with Crippen molar-refractivity contribution >= 4 is 35.0 Å². The maximum atomic E-state index is 11.5. The van der Waals surface area contributed by atoms with Crippen LogP contribution < -0.4 is 35.5 Å². The van der Waals surface area contributed by atoms with Crippen LogP contribution in [0, 0.1) is 0 Å². The van der Waals surface area contributed by atoms with Crippen molar-refractivity contribution in [3.05, 3.63) is 86.9 Å². The van der Waals surface area contributed by atoms with E-state index in [1.807, 2.05) is 42.5 Å². The number of rotatable bonds is 14. The van der Waals surface area contributed by atoms with Crippen molar-refractivity contribution in [1.82, 2.24) is 31.2 Å². The zero-order valence-corrected chi connectivity index (χ0v) is 30.7. The molecule has 11 nitrogen and oxygen atoms in total. The van der Waals surface area contributed by atoms with E-state index in [1.54, 1.807) is 14.2 Å². The minimum atomic E-state index is -0.251. The lowest BCUT2D eigenvalue weighted by Gasteiger charge is -2.18. The zero-order chi connectivity index (χ0) is 36.2. The summed E-state index contributed by atoms with van der Waals surface area (Å²) in [7, 11) is 3.19. The number of hydrogen-bond donors (Lipinski definition) is 4. The number of carbonyl (C=O) groups is 2. The zero-order valence-electron chi connectivity index (χ0n) is 29.2. The normalized spacial score (nSPS) is 19.3. The Labute approximate surface area is 313 Å². The number of halogens is 2. The minimum Gasteiger partial charge on any atom is -0.481 e. The Bertz CT molecular complexity index is 1980. The molecule has 4 N–H and O–H groups in total. The number of pyridine rings is 2. The molecular formula is C39H42Cl2N6O5. The summed E-state index contributed by atoms with van der Waals surface area (Å²) in [5.74, 6) is 1.47. The van der Waals surface area contributed by atoms with Crippen LogP contribution >= 0.6 is 23.2 Å². The van der Waals surface area contributed by atoms with Gasteiger partial charge in [-0.15, -0.1) is 0 Å². The molecule has 1 aliphatic carbocycles. The smallest absolute Gasteiger partial charge is 0.236 e. The molecule has 2 fully saturated rings. The number of aromatic nitrogens is 2. The largest absolute Gasteiger partial charge is 0.481 e. The highest BCUT2D eigenvalue weighted by Gasteiger charge is 2.29. The first-order valence-electron chi connectivity index (χ1n) is 17.7. The van der Waals surface area contributed by atoms with Crippen molar-refractivity contribution in [3.63, 3.8) is 0 Å². The van der Waals surface area contributed by atoms with Gasteiger partial charge in [0.15, 0.2) is 0 Å². The molecule has 0 bridgehead atoms. The molecule has 2 aliphatic heterocycles. The van der Waals surface area contributed by atoms with E-state index in [0.717, 1.165) is 59.1 Å². The van der Waals surface area contributed by atoms with Crippen molar-refractivity contribution < 1.29 is 23.8 Å². The number of carbonyl (C=O) groups excluding carboxylic acids is 2. The topological polar surface area (TPSA) is 136 Å². The number of methoxy groups -OCH3 is 2. The SMILES string of the molecule is COc1nc(-c2cccc(-c3cccc4c3CC[C@@H]4Oc3nc(OC)c(CNCC4CCC(=O)N4)cc3Cl)c2Cl)ccc1CNC[C@@H]1CCC(=O)N1. The van der Waals surface area contributed by atoms with Crippen molar-refractivity contribution in [3.8, 4) is 40.0 Å². The third-order valence-electron chi connectivity index (χ3n) is 9.93. The lowest BCUT2D eigenvalue weighted by Crippen LogP contribution is -2.35. The van der Waals surface area contributed by atoms with E-state index < -0.39 is 0 Å². The molecule has 3 aliphatic rings. The lowest BCUT2D eigenvalue weighted by molar-refractivity contribution is -0.120. The molecule has 0 radical (unpaired) electrons. The first-order chi connectivity index (χ1) is 25.3. The van der Waals surface area contributed by atoms with Gasteiger partial charge in [0.1, 0.15) is 11.1 Å². The van der Waals surface area contributed by atoms with Gasteiger partial charge >= 0.3 is 0 Å². The number of ether oxygens (including phenoxy) is 3. The van der Waals surface area contributed by atoms with Gasteiger partial charge in [0.25, 0.3) is 0 Å². The predicted molar refractivity (Wildman–Crippen MR) is 200 cm³/mol. The number of fused-ring (bicyclic) bond motifs is 1. The fourth-order valence-corrected chi connectivity index (χ4v) is 7.84. The van der Waals surface area contributed by atoms with E-state index in [4.69, 9.17) is 42.4 Å². The Morgan fingerprint density at radius 2 is 1.37 bits per heavy atom. The third kappa shape index (κ3) is 7.83. The van der Waals surface area contributed by atoms with Crippen molar-refractivity contribution in [2.75, 3.05) is 27.3 Å². The van der Waals surface area contributed by atoms with Gasteiger partial charge in [0, 0.05) is 73.4 Å². The Morgan fingerprint density at radius 3 is 2.04 bits per heavy atom. The highest BCUT2D eigenvalue weighted by molar-refractivity contribution is 6.36. The molecule has 2 aromatic heterocycles. The summed E-state index contributed by atoms with van der Waals surface area (Å²) in [5, 5.41) is 13.7. The van der Waals surface area contributed by atoms with Gasteiger partial charge in [-0.2, -0.15) is 4.98 Å². The molecule has 52 heavy (non-hydrogen) atoms.